The van der Waals surface area contributed by atoms with Crippen LogP contribution in [0.15, 0.2) is 18.6 Å². The normalized spacial score (nSPS) is 20.8. The maximum atomic E-state index is 12.2. The van der Waals surface area contributed by atoms with E-state index >= 15 is 0 Å². The third kappa shape index (κ3) is 4.14. The molecule has 1 aromatic heterocycles. The number of nitrogens with zero attached hydrogens (tertiary/aromatic N) is 4. The summed E-state index contributed by atoms with van der Waals surface area (Å²) in [5.41, 5.74) is 0. The molecule has 1 amide bonds. The highest BCUT2D eigenvalue weighted by atomic mass is 16.5. The molecule has 0 atom stereocenters. The summed E-state index contributed by atoms with van der Waals surface area (Å²) in [7, 11) is 0. The lowest BCUT2D eigenvalue weighted by Gasteiger charge is -2.34. The lowest BCUT2D eigenvalue weighted by atomic mass is 10.1. The van der Waals surface area contributed by atoms with Gasteiger partial charge in [-0.2, -0.15) is 0 Å². The number of hydrogen-bond donors (Lipinski definition) is 1. The largest absolute Gasteiger partial charge is 0.378 e. The highest BCUT2D eigenvalue weighted by Crippen LogP contribution is 2.15. The molecule has 7 heteroatoms. The van der Waals surface area contributed by atoms with E-state index in [9.17, 15) is 4.79 Å². The van der Waals surface area contributed by atoms with Gasteiger partial charge < -0.3 is 15.0 Å². The average molecular weight is 305 g/mol. The number of piperidine rings is 1. The van der Waals surface area contributed by atoms with Crippen LogP contribution >= 0.6 is 0 Å². The van der Waals surface area contributed by atoms with Crippen LogP contribution in [-0.2, 0) is 9.53 Å². The highest BCUT2D eigenvalue weighted by Gasteiger charge is 2.24. The summed E-state index contributed by atoms with van der Waals surface area (Å²) in [4.78, 5) is 24.5. The summed E-state index contributed by atoms with van der Waals surface area (Å²) < 4.78 is 5.28. The maximum Gasteiger partial charge on any atom is 0.236 e. The maximum absolute atomic E-state index is 12.2. The second-order valence-corrected chi connectivity index (χ2v) is 5.78. The van der Waals surface area contributed by atoms with Gasteiger partial charge >= 0.3 is 0 Å². The fourth-order valence-electron chi connectivity index (χ4n) is 2.92. The van der Waals surface area contributed by atoms with Crippen molar-refractivity contribution in [3.8, 4) is 0 Å². The lowest BCUT2D eigenvalue weighted by molar-refractivity contribution is -0.136. The van der Waals surface area contributed by atoms with Gasteiger partial charge in [0.1, 0.15) is 12.1 Å². The molecule has 120 valence electrons. The minimum atomic E-state index is 0.227. The summed E-state index contributed by atoms with van der Waals surface area (Å²) in [5.74, 6) is 1.10. The van der Waals surface area contributed by atoms with Crippen LogP contribution < -0.4 is 5.32 Å². The summed E-state index contributed by atoms with van der Waals surface area (Å²) in [6, 6.07) is 2.30. The third-order valence-electron chi connectivity index (χ3n) is 4.24. The average Bonchev–Trinajstić information content (AvgIpc) is 2.58. The Balaban J connectivity index is 1.40. The monoisotopic (exact) mass is 305 g/mol. The fourth-order valence-corrected chi connectivity index (χ4v) is 2.92. The van der Waals surface area contributed by atoms with Crippen molar-refractivity contribution >= 4 is 11.7 Å². The van der Waals surface area contributed by atoms with Crippen LogP contribution in [0.25, 0.3) is 0 Å². The van der Waals surface area contributed by atoms with Crippen LogP contribution in [0.5, 0.6) is 0 Å². The number of carbonyl (C=O) groups is 1. The zero-order chi connectivity index (χ0) is 15.2. The minimum absolute atomic E-state index is 0.227. The van der Waals surface area contributed by atoms with Crippen LogP contribution in [0.2, 0.25) is 0 Å². The van der Waals surface area contributed by atoms with Crippen molar-refractivity contribution in [1.82, 2.24) is 19.8 Å². The van der Waals surface area contributed by atoms with Crippen molar-refractivity contribution in [3.05, 3.63) is 18.6 Å². The highest BCUT2D eigenvalue weighted by molar-refractivity contribution is 5.78. The van der Waals surface area contributed by atoms with Crippen molar-refractivity contribution in [1.29, 1.82) is 0 Å². The van der Waals surface area contributed by atoms with Gasteiger partial charge in [0.05, 0.1) is 19.8 Å². The number of hydrogen-bond acceptors (Lipinski definition) is 6. The number of nitrogens with one attached hydrogen (secondary N) is 1. The second kappa shape index (κ2) is 7.51. The van der Waals surface area contributed by atoms with Crippen LogP contribution in [0.3, 0.4) is 0 Å². The van der Waals surface area contributed by atoms with Crippen molar-refractivity contribution in [2.24, 2.45) is 0 Å². The first-order valence-corrected chi connectivity index (χ1v) is 7.92. The Hall–Kier alpha value is -1.73. The molecule has 0 aliphatic carbocycles. The second-order valence-electron chi connectivity index (χ2n) is 5.78. The van der Waals surface area contributed by atoms with E-state index in [0.717, 1.165) is 44.8 Å². The van der Waals surface area contributed by atoms with Crippen LogP contribution in [0.4, 0.5) is 5.82 Å². The van der Waals surface area contributed by atoms with Gasteiger partial charge in [0.25, 0.3) is 0 Å². The molecule has 1 aromatic rings. The van der Waals surface area contributed by atoms with E-state index in [2.05, 4.69) is 20.2 Å². The Kier molecular flexibility index (Phi) is 5.18. The summed E-state index contributed by atoms with van der Waals surface area (Å²) >= 11 is 0. The number of anilines is 1. The molecule has 22 heavy (non-hydrogen) atoms. The minimum Gasteiger partial charge on any atom is -0.378 e. The molecule has 1 N–H and O–H groups in total. The molecule has 3 rings (SSSR count). The topological polar surface area (TPSA) is 70.6 Å². The van der Waals surface area contributed by atoms with E-state index in [1.54, 1.807) is 12.5 Å². The van der Waals surface area contributed by atoms with Crippen molar-refractivity contribution in [2.45, 2.75) is 18.9 Å². The molecule has 7 nitrogen and oxygen atoms in total. The van der Waals surface area contributed by atoms with Crippen molar-refractivity contribution in [3.63, 3.8) is 0 Å². The van der Waals surface area contributed by atoms with Gasteiger partial charge in [0.15, 0.2) is 0 Å². The van der Waals surface area contributed by atoms with E-state index in [1.807, 2.05) is 11.0 Å². The van der Waals surface area contributed by atoms with E-state index in [4.69, 9.17) is 4.74 Å². The van der Waals surface area contributed by atoms with Gasteiger partial charge in [0, 0.05) is 38.4 Å². The van der Waals surface area contributed by atoms with Crippen LogP contribution in [0, 0.1) is 0 Å². The molecule has 0 saturated carbocycles. The summed E-state index contributed by atoms with van der Waals surface area (Å²) in [6.07, 6.45) is 5.35. The number of likely N-dealkylation sites (tertiary alicyclic amines) is 1. The lowest BCUT2D eigenvalue weighted by Crippen LogP contribution is -2.48. The molecule has 2 aliphatic rings. The summed E-state index contributed by atoms with van der Waals surface area (Å²) in [6.45, 7) is 5.19. The van der Waals surface area contributed by atoms with E-state index in [-0.39, 0.29) is 5.91 Å². The Morgan fingerprint density at radius 3 is 2.73 bits per heavy atom. The fraction of sp³-hybridized carbons (Fsp3) is 0.667. The molecular formula is C15H23N5O2. The first kappa shape index (κ1) is 15.2. The summed E-state index contributed by atoms with van der Waals surface area (Å²) in [5, 5.41) is 3.43. The zero-order valence-corrected chi connectivity index (χ0v) is 12.8. The molecule has 0 spiro atoms. The number of amides is 1. The number of carbonyl (C=O) groups excluding carboxylic acids is 1. The van der Waals surface area contributed by atoms with Crippen LogP contribution in [0.1, 0.15) is 12.8 Å². The van der Waals surface area contributed by atoms with Gasteiger partial charge in [-0.3, -0.25) is 9.69 Å². The first-order chi connectivity index (χ1) is 10.8. The van der Waals surface area contributed by atoms with E-state index in [0.29, 0.717) is 25.8 Å². The first-order valence-electron chi connectivity index (χ1n) is 7.92. The SMILES string of the molecule is O=C(CN1CCC(Nc2ccncn2)CC1)N1CCOCC1. The van der Waals surface area contributed by atoms with E-state index < -0.39 is 0 Å². The molecule has 0 bridgehead atoms. The van der Waals surface area contributed by atoms with Gasteiger partial charge in [0.2, 0.25) is 5.91 Å². The Labute approximate surface area is 130 Å². The van der Waals surface area contributed by atoms with E-state index in [1.165, 1.54) is 0 Å². The molecule has 0 aromatic carbocycles. The van der Waals surface area contributed by atoms with Gasteiger partial charge in [-0.05, 0) is 18.9 Å². The molecule has 0 radical (unpaired) electrons. The number of morpholine rings is 1. The third-order valence-corrected chi connectivity index (χ3v) is 4.24. The van der Waals surface area contributed by atoms with Gasteiger partial charge in [-0.1, -0.05) is 0 Å². The van der Waals surface area contributed by atoms with Crippen molar-refractivity contribution < 1.29 is 9.53 Å². The van der Waals surface area contributed by atoms with Gasteiger partial charge in [-0.25, -0.2) is 9.97 Å². The van der Waals surface area contributed by atoms with Crippen molar-refractivity contribution in [2.75, 3.05) is 51.3 Å². The Morgan fingerprint density at radius 2 is 2.05 bits per heavy atom. The number of aromatic nitrogens is 2. The van der Waals surface area contributed by atoms with Crippen LogP contribution in [-0.4, -0.2) is 77.7 Å². The molecular weight excluding hydrogens is 282 g/mol. The molecule has 2 saturated heterocycles. The molecule has 2 fully saturated rings. The standard InChI is InChI=1S/C15H23N5O2/c21-15(20-7-9-22-10-8-20)11-19-5-2-13(3-6-19)18-14-1-4-16-12-17-14/h1,4,12-13H,2-3,5-11H2,(H,16,17,18). The smallest absolute Gasteiger partial charge is 0.236 e. The molecule has 0 unspecified atom stereocenters. The molecule has 2 aliphatic heterocycles. The van der Waals surface area contributed by atoms with Gasteiger partial charge in [-0.15, -0.1) is 0 Å². The predicted octanol–water partition coefficient (Wildman–Crippen LogP) is 0.212. The Morgan fingerprint density at radius 1 is 1.27 bits per heavy atom. The zero-order valence-electron chi connectivity index (χ0n) is 12.8. The Bertz CT molecular complexity index is 470. The number of ether oxygens (including phenoxy) is 1. The quantitative estimate of drug-likeness (QED) is 0.857. The number of rotatable bonds is 4. The molecule has 3 heterocycles. The predicted molar refractivity (Wildman–Crippen MR) is 82.5 cm³/mol.